The average Bonchev–Trinajstić information content (AvgIpc) is 2.49. The highest BCUT2D eigenvalue weighted by Crippen LogP contribution is 2.32. The van der Waals surface area contributed by atoms with Crippen LogP contribution in [0.15, 0.2) is 18.2 Å². The zero-order valence-electron chi connectivity index (χ0n) is 9.73. The van der Waals surface area contributed by atoms with Crippen molar-refractivity contribution in [3.63, 3.8) is 0 Å². The minimum atomic E-state index is -3.23. The van der Waals surface area contributed by atoms with Crippen LogP contribution in [0.1, 0.15) is 15.9 Å². The van der Waals surface area contributed by atoms with E-state index in [0.717, 1.165) is 0 Å². The molecule has 1 aromatic rings. The third-order valence-corrected chi connectivity index (χ3v) is 4.54. The number of carbonyl (C=O) groups excluding carboxylic acids is 1. The van der Waals surface area contributed by atoms with E-state index in [1.54, 1.807) is 25.2 Å². The Bertz CT molecular complexity index is 566. The van der Waals surface area contributed by atoms with Crippen LogP contribution in [0.2, 0.25) is 0 Å². The van der Waals surface area contributed by atoms with Crippen molar-refractivity contribution in [3.05, 3.63) is 29.3 Å². The Morgan fingerprint density at radius 2 is 2.18 bits per heavy atom. The number of hydrogen-bond acceptors (Lipinski definition) is 4. The van der Waals surface area contributed by atoms with Gasteiger partial charge in [-0.3, -0.25) is 9.10 Å². The van der Waals surface area contributed by atoms with Gasteiger partial charge >= 0.3 is 0 Å². The van der Waals surface area contributed by atoms with E-state index in [9.17, 15) is 13.2 Å². The van der Waals surface area contributed by atoms with Crippen LogP contribution in [0.4, 0.5) is 5.69 Å². The molecule has 0 fully saturated rings. The molecule has 5 nitrogen and oxygen atoms in total. The Kier molecular flexibility index (Phi) is 2.92. The summed E-state index contributed by atoms with van der Waals surface area (Å²) in [5, 5.41) is 2.78. The van der Waals surface area contributed by atoms with Gasteiger partial charge in [0.1, 0.15) is 0 Å². The summed E-state index contributed by atoms with van der Waals surface area (Å²) in [6.45, 7) is 0.251. The van der Waals surface area contributed by atoms with Crippen LogP contribution in [-0.2, 0) is 15.8 Å². The molecule has 1 aromatic carbocycles. The number of Topliss-reactive ketones (excluding diaryl/α,β-unsaturated/α-hetero) is 1. The quantitative estimate of drug-likeness (QED) is 0.791. The van der Waals surface area contributed by atoms with Gasteiger partial charge in [0.25, 0.3) is 0 Å². The number of hydrogen-bond donors (Lipinski definition) is 1. The summed E-state index contributed by atoms with van der Waals surface area (Å²) in [5.74, 6) is -0.0678. The number of benzene rings is 1. The smallest absolute Gasteiger partial charge is 0.239 e. The van der Waals surface area contributed by atoms with Gasteiger partial charge in [-0.25, -0.2) is 8.42 Å². The molecule has 1 aliphatic rings. The lowest BCUT2D eigenvalue weighted by atomic mass is 10.1. The van der Waals surface area contributed by atoms with Crippen LogP contribution in [0, 0.1) is 0 Å². The van der Waals surface area contributed by atoms with Gasteiger partial charge < -0.3 is 5.32 Å². The highest BCUT2D eigenvalue weighted by molar-refractivity contribution is 7.92. The molecule has 0 bridgehead atoms. The first-order valence-electron chi connectivity index (χ1n) is 5.23. The van der Waals surface area contributed by atoms with Crippen molar-refractivity contribution in [3.8, 4) is 0 Å². The SMILES string of the molecule is CNCC(=O)c1ccc2c(c1)CS(=O)(=O)N2C. The Labute approximate surface area is 100 Å². The number of nitrogens with one attached hydrogen (secondary N) is 1. The molecule has 6 heteroatoms. The van der Waals surface area contributed by atoms with Crippen LogP contribution in [0.3, 0.4) is 0 Å². The van der Waals surface area contributed by atoms with Crippen LogP contribution in [0.25, 0.3) is 0 Å². The molecule has 1 N–H and O–H groups in total. The van der Waals surface area contributed by atoms with Gasteiger partial charge in [-0.15, -0.1) is 0 Å². The third-order valence-electron chi connectivity index (χ3n) is 2.83. The molecular formula is C11H14N2O3S. The van der Waals surface area contributed by atoms with Gasteiger partial charge in [-0.2, -0.15) is 0 Å². The number of carbonyl (C=O) groups is 1. The molecule has 1 heterocycles. The van der Waals surface area contributed by atoms with Gasteiger partial charge in [-0.05, 0) is 30.8 Å². The second-order valence-corrected chi connectivity index (χ2v) is 6.02. The molecular weight excluding hydrogens is 240 g/mol. The van der Waals surface area contributed by atoms with E-state index in [-0.39, 0.29) is 18.1 Å². The summed E-state index contributed by atoms with van der Waals surface area (Å²) in [4.78, 5) is 11.7. The Balaban J connectivity index is 2.39. The van der Waals surface area contributed by atoms with E-state index < -0.39 is 10.0 Å². The lowest BCUT2D eigenvalue weighted by molar-refractivity contribution is 0.0993. The average molecular weight is 254 g/mol. The highest BCUT2D eigenvalue weighted by atomic mass is 32.2. The van der Waals surface area contributed by atoms with Gasteiger partial charge in [0.2, 0.25) is 10.0 Å². The zero-order chi connectivity index (χ0) is 12.6. The molecule has 17 heavy (non-hydrogen) atoms. The number of fused-ring (bicyclic) bond motifs is 1. The summed E-state index contributed by atoms with van der Waals surface area (Å²) >= 11 is 0. The van der Waals surface area contributed by atoms with Crippen LogP contribution in [0.5, 0.6) is 0 Å². The summed E-state index contributed by atoms with van der Waals surface area (Å²) in [6, 6.07) is 5.01. The highest BCUT2D eigenvalue weighted by Gasteiger charge is 2.30. The van der Waals surface area contributed by atoms with Gasteiger partial charge in [-0.1, -0.05) is 0 Å². The maximum Gasteiger partial charge on any atom is 0.239 e. The minimum absolute atomic E-state index is 0.0283. The molecule has 0 amide bonds. The number of likely N-dealkylation sites (N-methyl/N-ethyl adjacent to an activating group) is 1. The van der Waals surface area contributed by atoms with Crippen LogP contribution in [-0.4, -0.2) is 34.8 Å². The maximum atomic E-state index is 11.7. The number of nitrogens with zero attached hydrogens (tertiary/aromatic N) is 1. The molecule has 0 aliphatic carbocycles. The molecule has 0 spiro atoms. The zero-order valence-corrected chi connectivity index (χ0v) is 10.5. The van der Waals surface area contributed by atoms with Crippen molar-refractivity contribution in [1.82, 2.24) is 5.32 Å². The largest absolute Gasteiger partial charge is 0.313 e. The number of rotatable bonds is 3. The second-order valence-electron chi connectivity index (χ2n) is 4.02. The van der Waals surface area contributed by atoms with Crippen LogP contribution < -0.4 is 9.62 Å². The van der Waals surface area contributed by atoms with Crippen molar-refractivity contribution < 1.29 is 13.2 Å². The molecule has 2 rings (SSSR count). The minimum Gasteiger partial charge on any atom is -0.313 e. The Hall–Kier alpha value is -1.40. The first-order chi connectivity index (χ1) is 7.95. The van der Waals surface area contributed by atoms with Gasteiger partial charge in [0, 0.05) is 12.6 Å². The maximum absolute atomic E-state index is 11.7. The standard InChI is InChI=1S/C11H14N2O3S/c1-12-6-11(14)8-3-4-10-9(5-8)7-17(15,16)13(10)2/h3-5,12H,6-7H2,1-2H3. The molecule has 1 aliphatic heterocycles. The monoisotopic (exact) mass is 254 g/mol. The van der Waals surface area contributed by atoms with Gasteiger partial charge in [0.15, 0.2) is 5.78 Å². The first kappa shape index (κ1) is 12.1. The van der Waals surface area contributed by atoms with E-state index in [1.807, 2.05) is 0 Å². The molecule has 0 unspecified atom stereocenters. The van der Waals surface area contributed by atoms with E-state index in [2.05, 4.69) is 5.32 Å². The Morgan fingerprint density at radius 3 is 2.82 bits per heavy atom. The fourth-order valence-electron chi connectivity index (χ4n) is 1.89. The number of anilines is 1. The summed E-state index contributed by atoms with van der Waals surface area (Å²) in [6.07, 6.45) is 0. The predicted octanol–water partition coefficient (Wildman–Crippen LogP) is 0.368. The second kappa shape index (κ2) is 4.12. The molecule has 0 saturated carbocycles. The van der Waals surface area contributed by atoms with Crippen molar-refractivity contribution in [2.24, 2.45) is 0 Å². The van der Waals surface area contributed by atoms with E-state index in [4.69, 9.17) is 0 Å². The van der Waals surface area contributed by atoms with Crippen molar-refractivity contribution in [2.75, 3.05) is 24.9 Å². The van der Waals surface area contributed by atoms with Crippen molar-refractivity contribution >= 4 is 21.5 Å². The molecule has 92 valence electrons. The van der Waals surface area contributed by atoms with Gasteiger partial charge in [0.05, 0.1) is 18.0 Å². The van der Waals surface area contributed by atoms with E-state index >= 15 is 0 Å². The number of ketones is 1. The Morgan fingerprint density at radius 1 is 1.47 bits per heavy atom. The first-order valence-corrected chi connectivity index (χ1v) is 6.84. The molecule has 0 aromatic heterocycles. The normalized spacial score (nSPS) is 16.9. The summed E-state index contributed by atoms with van der Waals surface area (Å²) in [5.41, 5.74) is 1.89. The third kappa shape index (κ3) is 2.05. The molecule has 0 radical (unpaired) electrons. The van der Waals surface area contributed by atoms with Crippen LogP contribution >= 0.6 is 0 Å². The molecule has 0 atom stereocenters. The summed E-state index contributed by atoms with van der Waals surface area (Å²) < 4.78 is 24.6. The van der Waals surface area contributed by atoms with E-state index in [0.29, 0.717) is 16.8 Å². The fraction of sp³-hybridized carbons (Fsp3) is 0.364. The topological polar surface area (TPSA) is 66.5 Å². The summed E-state index contributed by atoms with van der Waals surface area (Å²) in [7, 11) is -0.0105. The van der Waals surface area contributed by atoms with Crippen molar-refractivity contribution in [2.45, 2.75) is 5.75 Å². The number of sulfonamides is 1. The lowest BCUT2D eigenvalue weighted by Crippen LogP contribution is -2.21. The fourth-order valence-corrected chi connectivity index (χ4v) is 3.18. The lowest BCUT2D eigenvalue weighted by Gasteiger charge is -2.11. The predicted molar refractivity (Wildman–Crippen MR) is 65.7 cm³/mol. The molecule has 0 saturated heterocycles. The van der Waals surface area contributed by atoms with Crippen molar-refractivity contribution in [1.29, 1.82) is 0 Å². The van der Waals surface area contributed by atoms with E-state index in [1.165, 1.54) is 11.4 Å².